The SMILES string of the molecule is CN(c1ncc(-c2ccc(O)c(F)c2)c(=O)n1C)C1CC1. The summed E-state index contributed by atoms with van der Waals surface area (Å²) in [5, 5.41) is 9.22. The molecule has 1 heterocycles. The minimum absolute atomic E-state index is 0.238. The Morgan fingerprint density at radius 1 is 1.43 bits per heavy atom. The van der Waals surface area contributed by atoms with Crippen molar-refractivity contribution in [2.24, 2.45) is 7.05 Å². The number of aromatic nitrogens is 2. The van der Waals surface area contributed by atoms with Gasteiger partial charge in [-0.25, -0.2) is 9.37 Å². The zero-order chi connectivity index (χ0) is 15.1. The van der Waals surface area contributed by atoms with Crippen molar-refractivity contribution in [3.8, 4) is 16.9 Å². The van der Waals surface area contributed by atoms with Gasteiger partial charge in [0.2, 0.25) is 5.95 Å². The third-order valence-electron chi connectivity index (χ3n) is 3.81. The van der Waals surface area contributed by atoms with Gasteiger partial charge in [-0.15, -0.1) is 0 Å². The molecule has 21 heavy (non-hydrogen) atoms. The molecule has 0 atom stereocenters. The lowest BCUT2D eigenvalue weighted by atomic mass is 10.1. The summed E-state index contributed by atoms with van der Waals surface area (Å²) in [5.41, 5.74) is 0.473. The Bertz CT molecular complexity index is 753. The summed E-state index contributed by atoms with van der Waals surface area (Å²) >= 11 is 0. The van der Waals surface area contributed by atoms with Crippen LogP contribution in [-0.2, 0) is 7.05 Å². The summed E-state index contributed by atoms with van der Waals surface area (Å²) in [6, 6.07) is 4.31. The minimum Gasteiger partial charge on any atom is -0.505 e. The van der Waals surface area contributed by atoms with Crippen LogP contribution in [0.4, 0.5) is 10.3 Å². The van der Waals surface area contributed by atoms with E-state index in [9.17, 15) is 14.3 Å². The molecule has 0 bridgehead atoms. The molecule has 0 spiro atoms. The number of phenolic OH excluding ortho intramolecular Hbond substituents is 1. The predicted molar refractivity (Wildman–Crippen MR) is 78.0 cm³/mol. The molecule has 1 aliphatic rings. The molecule has 1 fully saturated rings. The Morgan fingerprint density at radius 2 is 2.14 bits per heavy atom. The fourth-order valence-electron chi connectivity index (χ4n) is 2.36. The maximum absolute atomic E-state index is 13.4. The molecular weight excluding hydrogens is 273 g/mol. The van der Waals surface area contributed by atoms with Crippen molar-refractivity contribution < 1.29 is 9.50 Å². The van der Waals surface area contributed by atoms with Gasteiger partial charge >= 0.3 is 0 Å². The number of rotatable bonds is 3. The highest BCUT2D eigenvalue weighted by atomic mass is 19.1. The maximum Gasteiger partial charge on any atom is 0.262 e. The van der Waals surface area contributed by atoms with Crippen molar-refractivity contribution >= 4 is 5.95 Å². The van der Waals surface area contributed by atoms with Crippen molar-refractivity contribution in [3.05, 3.63) is 40.6 Å². The second-order valence-electron chi connectivity index (χ2n) is 5.34. The minimum atomic E-state index is -0.756. The van der Waals surface area contributed by atoms with Gasteiger partial charge in [-0.05, 0) is 30.5 Å². The maximum atomic E-state index is 13.4. The zero-order valence-corrected chi connectivity index (χ0v) is 11.9. The van der Waals surface area contributed by atoms with E-state index in [-0.39, 0.29) is 5.56 Å². The highest BCUT2D eigenvalue weighted by Gasteiger charge is 2.28. The number of anilines is 1. The van der Waals surface area contributed by atoms with Gasteiger partial charge < -0.3 is 10.0 Å². The Kier molecular flexibility index (Phi) is 3.16. The number of halogens is 1. The van der Waals surface area contributed by atoms with Gasteiger partial charge in [0.05, 0.1) is 5.56 Å². The van der Waals surface area contributed by atoms with Crippen LogP contribution in [0.3, 0.4) is 0 Å². The predicted octanol–water partition coefficient (Wildman–Crippen LogP) is 1.89. The highest BCUT2D eigenvalue weighted by Crippen LogP contribution is 2.29. The van der Waals surface area contributed by atoms with E-state index in [2.05, 4.69) is 4.98 Å². The number of nitrogens with zero attached hydrogens (tertiary/aromatic N) is 3. The molecule has 3 rings (SSSR count). The first-order valence-electron chi connectivity index (χ1n) is 6.77. The fraction of sp³-hybridized carbons (Fsp3) is 0.333. The topological polar surface area (TPSA) is 58.4 Å². The monoisotopic (exact) mass is 289 g/mol. The molecule has 1 saturated carbocycles. The summed E-state index contributed by atoms with van der Waals surface area (Å²) in [6.45, 7) is 0. The van der Waals surface area contributed by atoms with Crippen LogP contribution in [0.2, 0.25) is 0 Å². The summed E-state index contributed by atoms with van der Waals surface area (Å²) < 4.78 is 14.9. The molecule has 5 nitrogen and oxygen atoms in total. The van der Waals surface area contributed by atoms with E-state index in [1.807, 2.05) is 11.9 Å². The lowest BCUT2D eigenvalue weighted by Gasteiger charge is -2.20. The number of hydrogen-bond donors (Lipinski definition) is 1. The molecular formula is C15H16FN3O2. The smallest absolute Gasteiger partial charge is 0.262 e. The molecule has 0 unspecified atom stereocenters. The zero-order valence-electron chi connectivity index (χ0n) is 11.9. The molecule has 2 aromatic rings. The van der Waals surface area contributed by atoms with Crippen molar-refractivity contribution in [1.29, 1.82) is 0 Å². The Hall–Kier alpha value is -2.37. The van der Waals surface area contributed by atoms with Gasteiger partial charge in [0.15, 0.2) is 11.6 Å². The Labute approximate surface area is 121 Å². The molecule has 1 aromatic carbocycles. The average Bonchev–Trinajstić information content (AvgIpc) is 3.29. The van der Waals surface area contributed by atoms with E-state index in [4.69, 9.17) is 0 Å². The lowest BCUT2D eigenvalue weighted by Crippen LogP contribution is -2.30. The molecule has 1 aliphatic carbocycles. The molecule has 0 saturated heterocycles. The molecule has 1 N–H and O–H groups in total. The normalized spacial score (nSPS) is 14.2. The summed E-state index contributed by atoms with van der Waals surface area (Å²) in [6.07, 6.45) is 3.68. The van der Waals surface area contributed by atoms with Crippen molar-refractivity contribution in [2.45, 2.75) is 18.9 Å². The van der Waals surface area contributed by atoms with E-state index >= 15 is 0 Å². The fourth-order valence-corrected chi connectivity index (χ4v) is 2.36. The second kappa shape index (κ2) is 4.87. The molecule has 0 radical (unpaired) electrons. The van der Waals surface area contributed by atoms with Crippen LogP contribution in [0.5, 0.6) is 5.75 Å². The number of benzene rings is 1. The third-order valence-corrected chi connectivity index (χ3v) is 3.81. The number of aromatic hydroxyl groups is 1. The quantitative estimate of drug-likeness (QED) is 0.937. The summed E-state index contributed by atoms with van der Waals surface area (Å²) in [4.78, 5) is 18.8. The third kappa shape index (κ3) is 2.37. The molecule has 110 valence electrons. The molecule has 6 heteroatoms. The summed E-state index contributed by atoms with van der Waals surface area (Å²) in [7, 11) is 3.57. The van der Waals surface area contributed by atoms with Gasteiger partial charge in [-0.3, -0.25) is 9.36 Å². The standard InChI is InChI=1S/C15H16FN3O2/c1-18(10-4-5-10)15-17-8-11(14(21)19(15)2)9-3-6-13(20)12(16)7-9/h3,6-8,10,20H,4-5H2,1-2H3. The van der Waals surface area contributed by atoms with Crippen LogP contribution < -0.4 is 10.5 Å². The Morgan fingerprint density at radius 3 is 2.76 bits per heavy atom. The van der Waals surface area contributed by atoms with E-state index in [0.29, 0.717) is 23.1 Å². The van der Waals surface area contributed by atoms with Crippen LogP contribution in [0, 0.1) is 5.82 Å². The highest BCUT2D eigenvalue weighted by molar-refractivity contribution is 5.63. The largest absolute Gasteiger partial charge is 0.505 e. The Balaban J connectivity index is 2.06. The number of hydrogen-bond acceptors (Lipinski definition) is 4. The lowest BCUT2D eigenvalue weighted by molar-refractivity contribution is 0.432. The first-order chi connectivity index (χ1) is 9.99. The van der Waals surface area contributed by atoms with Crippen LogP contribution in [0.15, 0.2) is 29.2 Å². The van der Waals surface area contributed by atoms with Crippen LogP contribution in [0.1, 0.15) is 12.8 Å². The molecule has 0 aliphatic heterocycles. The van der Waals surface area contributed by atoms with Gasteiger partial charge in [0.1, 0.15) is 0 Å². The first kappa shape index (κ1) is 13.6. The average molecular weight is 289 g/mol. The van der Waals surface area contributed by atoms with Crippen LogP contribution in [-0.4, -0.2) is 27.7 Å². The van der Waals surface area contributed by atoms with Gasteiger partial charge in [0.25, 0.3) is 5.56 Å². The van der Waals surface area contributed by atoms with E-state index in [1.54, 1.807) is 7.05 Å². The summed E-state index contributed by atoms with van der Waals surface area (Å²) in [5.74, 6) is -0.590. The number of phenols is 1. The van der Waals surface area contributed by atoms with Crippen molar-refractivity contribution in [2.75, 3.05) is 11.9 Å². The van der Waals surface area contributed by atoms with Crippen LogP contribution in [0.25, 0.3) is 11.1 Å². The molecule has 0 amide bonds. The van der Waals surface area contributed by atoms with Gasteiger partial charge in [0, 0.05) is 26.3 Å². The van der Waals surface area contributed by atoms with E-state index < -0.39 is 11.6 Å². The molecule has 1 aromatic heterocycles. The van der Waals surface area contributed by atoms with E-state index in [1.165, 1.54) is 22.9 Å². The van der Waals surface area contributed by atoms with Gasteiger partial charge in [-0.1, -0.05) is 6.07 Å². The second-order valence-corrected chi connectivity index (χ2v) is 5.34. The van der Waals surface area contributed by atoms with Crippen molar-refractivity contribution in [1.82, 2.24) is 9.55 Å². The van der Waals surface area contributed by atoms with Crippen molar-refractivity contribution in [3.63, 3.8) is 0 Å². The van der Waals surface area contributed by atoms with Crippen LogP contribution >= 0.6 is 0 Å². The van der Waals surface area contributed by atoms with E-state index in [0.717, 1.165) is 18.9 Å². The first-order valence-corrected chi connectivity index (χ1v) is 6.77. The van der Waals surface area contributed by atoms with Gasteiger partial charge in [-0.2, -0.15) is 0 Å².